The van der Waals surface area contributed by atoms with Gasteiger partial charge >= 0.3 is 0 Å². The minimum atomic E-state index is -0.294. The van der Waals surface area contributed by atoms with E-state index in [-0.39, 0.29) is 5.91 Å². The van der Waals surface area contributed by atoms with Crippen molar-refractivity contribution in [1.82, 2.24) is 9.78 Å². The van der Waals surface area contributed by atoms with Gasteiger partial charge in [-0.05, 0) is 59.6 Å². The number of carbonyl (C=O) groups is 1. The Morgan fingerprint density at radius 2 is 1.86 bits per heavy atom. The number of halogens is 2. The molecule has 3 aromatic rings. The molecule has 0 bridgehead atoms. The van der Waals surface area contributed by atoms with Crippen molar-refractivity contribution in [3.05, 3.63) is 69.3 Å². The number of aromatic nitrogens is 2. The molecule has 0 spiro atoms. The number of hydrogen-bond donors (Lipinski definition) is 1. The Kier molecular flexibility index (Phi) is 7.17. The maximum atomic E-state index is 12.7. The first kappa shape index (κ1) is 21.2. The molecule has 1 amide bonds. The van der Waals surface area contributed by atoms with Crippen molar-refractivity contribution in [2.24, 2.45) is 0 Å². The zero-order chi connectivity index (χ0) is 20.8. The van der Waals surface area contributed by atoms with E-state index in [1.54, 1.807) is 29.1 Å². The zero-order valence-corrected chi connectivity index (χ0v) is 18.5. The van der Waals surface area contributed by atoms with Gasteiger partial charge in [0.05, 0.1) is 24.2 Å². The Labute approximate surface area is 182 Å². The third kappa shape index (κ3) is 5.31. The Bertz CT molecular complexity index is 1010. The lowest BCUT2D eigenvalue weighted by molar-refractivity contribution is 0.102. The van der Waals surface area contributed by atoms with Crippen LogP contribution in [-0.2, 0) is 6.54 Å². The highest BCUT2D eigenvalue weighted by Crippen LogP contribution is 2.29. The molecule has 3 rings (SSSR count). The van der Waals surface area contributed by atoms with Gasteiger partial charge in [0, 0.05) is 16.8 Å². The summed E-state index contributed by atoms with van der Waals surface area (Å²) in [5.74, 6) is 1.27. The standard InChI is InChI=1S/C21H21BrClN3O3/c1-3-28-18-10-9-14(11-19(18)29-4-2)21(27)24-20-16(22)13-26(25-20)12-15-7-5-6-8-17(15)23/h5-11,13H,3-4,12H2,1-2H3,(H,24,25,27). The van der Waals surface area contributed by atoms with Gasteiger partial charge in [0.2, 0.25) is 0 Å². The van der Waals surface area contributed by atoms with Gasteiger partial charge < -0.3 is 14.8 Å². The van der Waals surface area contributed by atoms with E-state index in [1.165, 1.54) is 0 Å². The Hall–Kier alpha value is -2.51. The van der Waals surface area contributed by atoms with Crippen LogP contribution in [0.5, 0.6) is 11.5 Å². The van der Waals surface area contributed by atoms with Gasteiger partial charge in [0.25, 0.3) is 5.91 Å². The number of amides is 1. The van der Waals surface area contributed by atoms with Gasteiger partial charge in [0.1, 0.15) is 0 Å². The number of anilines is 1. The summed E-state index contributed by atoms with van der Waals surface area (Å²) in [7, 11) is 0. The Balaban J connectivity index is 1.76. The van der Waals surface area contributed by atoms with Crippen LogP contribution in [0.15, 0.2) is 53.1 Å². The van der Waals surface area contributed by atoms with Crippen LogP contribution in [-0.4, -0.2) is 28.9 Å². The highest BCUT2D eigenvalue weighted by atomic mass is 79.9. The summed E-state index contributed by atoms with van der Waals surface area (Å²) in [6.07, 6.45) is 1.79. The molecule has 0 aliphatic heterocycles. The normalized spacial score (nSPS) is 10.6. The molecule has 1 N–H and O–H groups in total. The van der Waals surface area contributed by atoms with Gasteiger partial charge in [0.15, 0.2) is 17.3 Å². The monoisotopic (exact) mass is 477 g/mol. The van der Waals surface area contributed by atoms with E-state index in [4.69, 9.17) is 21.1 Å². The van der Waals surface area contributed by atoms with Crippen LogP contribution in [0.3, 0.4) is 0 Å². The predicted molar refractivity (Wildman–Crippen MR) is 117 cm³/mol. The van der Waals surface area contributed by atoms with Crippen LogP contribution in [0.4, 0.5) is 5.82 Å². The van der Waals surface area contributed by atoms with Crippen LogP contribution in [0.2, 0.25) is 5.02 Å². The second-order valence-corrected chi connectivity index (χ2v) is 7.36. The van der Waals surface area contributed by atoms with Crippen molar-refractivity contribution in [2.75, 3.05) is 18.5 Å². The van der Waals surface area contributed by atoms with Crippen LogP contribution in [0, 0.1) is 0 Å². The quantitative estimate of drug-likeness (QED) is 0.471. The number of rotatable bonds is 8. The molecule has 0 atom stereocenters. The predicted octanol–water partition coefficient (Wildman–Crippen LogP) is 5.40. The molecule has 29 heavy (non-hydrogen) atoms. The van der Waals surface area contributed by atoms with Crippen molar-refractivity contribution in [3.63, 3.8) is 0 Å². The van der Waals surface area contributed by atoms with Crippen molar-refractivity contribution < 1.29 is 14.3 Å². The Morgan fingerprint density at radius 1 is 1.14 bits per heavy atom. The minimum absolute atomic E-state index is 0.294. The molecule has 2 aromatic carbocycles. The molecule has 1 aromatic heterocycles. The van der Waals surface area contributed by atoms with Gasteiger partial charge in [-0.3, -0.25) is 9.48 Å². The number of nitrogens with zero attached hydrogens (tertiary/aromatic N) is 2. The fourth-order valence-corrected chi connectivity index (χ4v) is 3.35. The highest BCUT2D eigenvalue weighted by Gasteiger charge is 2.15. The largest absolute Gasteiger partial charge is 0.490 e. The first-order valence-corrected chi connectivity index (χ1v) is 10.4. The van der Waals surface area contributed by atoms with Gasteiger partial charge in [-0.15, -0.1) is 0 Å². The zero-order valence-electron chi connectivity index (χ0n) is 16.1. The summed E-state index contributed by atoms with van der Waals surface area (Å²) in [6.45, 7) is 5.26. The van der Waals surface area contributed by atoms with Crippen molar-refractivity contribution >= 4 is 39.3 Å². The smallest absolute Gasteiger partial charge is 0.257 e. The summed E-state index contributed by atoms with van der Waals surface area (Å²) in [5, 5.41) is 7.93. The molecule has 6 nitrogen and oxygen atoms in total. The lowest BCUT2D eigenvalue weighted by Crippen LogP contribution is -2.13. The fraction of sp³-hybridized carbons (Fsp3) is 0.238. The fourth-order valence-electron chi connectivity index (χ4n) is 2.74. The van der Waals surface area contributed by atoms with Crippen molar-refractivity contribution in [2.45, 2.75) is 20.4 Å². The van der Waals surface area contributed by atoms with Gasteiger partial charge in [-0.25, -0.2) is 0 Å². The van der Waals surface area contributed by atoms with E-state index < -0.39 is 0 Å². The summed E-state index contributed by atoms with van der Waals surface area (Å²) < 4.78 is 13.5. The van der Waals surface area contributed by atoms with E-state index in [2.05, 4.69) is 26.3 Å². The molecule has 0 aliphatic carbocycles. The molecule has 0 aliphatic rings. The average molecular weight is 479 g/mol. The maximum absolute atomic E-state index is 12.7. The number of nitrogens with one attached hydrogen (secondary N) is 1. The number of benzene rings is 2. The molecule has 0 radical (unpaired) electrons. The lowest BCUT2D eigenvalue weighted by atomic mass is 10.2. The van der Waals surface area contributed by atoms with Gasteiger partial charge in [-0.1, -0.05) is 29.8 Å². The van der Waals surface area contributed by atoms with Crippen LogP contribution < -0.4 is 14.8 Å². The molecule has 0 unspecified atom stereocenters. The van der Waals surface area contributed by atoms with Gasteiger partial charge in [-0.2, -0.15) is 5.10 Å². The van der Waals surface area contributed by atoms with E-state index in [9.17, 15) is 4.79 Å². The number of hydrogen-bond acceptors (Lipinski definition) is 4. The first-order chi connectivity index (χ1) is 14.0. The molecular weight excluding hydrogens is 458 g/mol. The third-order valence-corrected chi connectivity index (χ3v) is 4.99. The Morgan fingerprint density at radius 3 is 2.59 bits per heavy atom. The van der Waals surface area contributed by atoms with E-state index >= 15 is 0 Å². The van der Waals surface area contributed by atoms with Crippen molar-refractivity contribution in [1.29, 1.82) is 0 Å². The summed E-state index contributed by atoms with van der Waals surface area (Å²) >= 11 is 9.66. The maximum Gasteiger partial charge on any atom is 0.257 e. The van der Waals surface area contributed by atoms with Crippen LogP contribution >= 0.6 is 27.5 Å². The SMILES string of the molecule is CCOc1ccc(C(=O)Nc2nn(Cc3ccccc3Cl)cc2Br)cc1OCC. The highest BCUT2D eigenvalue weighted by molar-refractivity contribution is 9.10. The molecule has 1 heterocycles. The van der Waals surface area contributed by atoms with Crippen molar-refractivity contribution in [3.8, 4) is 11.5 Å². The second kappa shape index (κ2) is 9.80. The number of carbonyl (C=O) groups excluding carboxylic acids is 1. The summed E-state index contributed by atoms with van der Waals surface area (Å²) in [4.78, 5) is 12.7. The second-order valence-electron chi connectivity index (χ2n) is 6.10. The van der Waals surface area contributed by atoms with E-state index in [0.29, 0.717) is 52.1 Å². The number of ether oxygens (including phenoxy) is 2. The van der Waals surface area contributed by atoms with E-state index in [1.807, 2.05) is 38.1 Å². The molecule has 0 fully saturated rings. The lowest BCUT2D eigenvalue weighted by Gasteiger charge is -2.12. The molecular formula is C21H21BrClN3O3. The summed E-state index contributed by atoms with van der Waals surface area (Å²) in [5.41, 5.74) is 1.39. The first-order valence-electron chi connectivity index (χ1n) is 9.19. The summed E-state index contributed by atoms with van der Waals surface area (Å²) in [6, 6.07) is 12.7. The molecule has 0 saturated carbocycles. The van der Waals surface area contributed by atoms with Crippen LogP contribution in [0.1, 0.15) is 29.8 Å². The topological polar surface area (TPSA) is 65.4 Å². The third-order valence-electron chi connectivity index (χ3n) is 4.04. The average Bonchev–Trinajstić information content (AvgIpc) is 3.04. The molecule has 8 heteroatoms. The molecule has 152 valence electrons. The minimum Gasteiger partial charge on any atom is -0.490 e. The van der Waals surface area contributed by atoms with Crippen LogP contribution in [0.25, 0.3) is 0 Å². The molecule has 0 saturated heterocycles. The van der Waals surface area contributed by atoms with E-state index in [0.717, 1.165) is 5.56 Å².